The van der Waals surface area contributed by atoms with Crippen LogP contribution in [0.5, 0.6) is 0 Å². The van der Waals surface area contributed by atoms with Crippen molar-refractivity contribution in [3.8, 4) is 43.5 Å². The first kappa shape index (κ1) is 32.6. The molecule has 0 spiro atoms. The van der Waals surface area contributed by atoms with Crippen molar-refractivity contribution in [2.24, 2.45) is 0 Å². The number of carboxylic acid groups (broad SMARTS) is 1. The second-order valence-electron chi connectivity index (χ2n) is 13.8. The van der Waals surface area contributed by atoms with E-state index in [0.717, 1.165) is 107 Å². The third kappa shape index (κ3) is 5.48. The summed E-state index contributed by atoms with van der Waals surface area (Å²) in [5.41, 5.74) is 9.45. The highest BCUT2D eigenvalue weighted by molar-refractivity contribution is 7.15. The summed E-state index contributed by atoms with van der Waals surface area (Å²) in [5, 5.41) is 14.9. The molecule has 52 heavy (non-hydrogen) atoms. The molecule has 9 rings (SSSR count). The fraction of sp³-hybridized carbons (Fsp3) is 0.238. The number of benzene rings is 3. The number of hydrogen-bond acceptors (Lipinski definition) is 8. The lowest BCUT2D eigenvalue weighted by Gasteiger charge is -2.26. The standard InChI is InChI=1S/C42H36N6O2S2/c1-22-39(51-24(3)44-22)31-21-35-38(36(37(31)42(49)50)28-13-15-32-26(19-28)9-8-18-43-32)47-41(48(35)30-10-6-5-7-11-30)29-14-16-33-27(20-29)12-17-34(46-33)40-23(2)45-25(4)52-40/h8-9,12-21,30H,5-7,10-11H2,1-4H3,(H,49,50). The van der Waals surface area contributed by atoms with Crippen LogP contribution in [0, 0.1) is 27.7 Å². The number of carboxylic acids is 1. The summed E-state index contributed by atoms with van der Waals surface area (Å²) >= 11 is 3.20. The molecule has 3 aromatic carbocycles. The molecule has 0 radical (unpaired) electrons. The number of aromatic nitrogens is 6. The monoisotopic (exact) mass is 720 g/mol. The molecule has 1 aliphatic carbocycles. The summed E-state index contributed by atoms with van der Waals surface area (Å²) in [5.74, 6) is -0.146. The Morgan fingerprint density at radius 2 is 1.44 bits per heavy atom. The van der Waals surface area contributed by atoms with Gasteiger partial charge in [-0.05, 0) is 94.6 Å². The molecular weight excluding hydrogens is 685 g/mol. The van der Waals surface area contributed by atoms with Gasteiger partial charge in [-0.1, -0.05) is 37.5 Å². The molecule has 8 aromatic rings. The Hall–Kier alpha value is -5.32. The SMILES string of the molecule is Cc1nc(C)c(-c2ccc3cc(-c4nc5c(-c6ccc7ncccc7c6)c(C(=O)O)c(-c6sc(C)nc6C)cc5n4C4CCCCC4)ccc3n2)s1. The molecule has 5 aromatic heterocycles. The van der Waals surface area contributed by atoms with Gasteiger partial charge >= 0.3 is 5.97 Å². The van der Waals surface area contributed by atoms with Crippen molar-refractivity contribution >= 4 is 61.5 Å². The number of aryl methyl sites for hydroxylation is 4. The number of imidazole rings is 1. The minimum atomic E-state index is -0.989. The third-order valence-corrected chi connectivity index (χ3v) is 12.5. The summed E-state index contributed by atoms with van der Waals surface area (Å²) in [6, 6.07) is 22.8. The molecule has 0 atom stereocenters. The summed E-state index contributed by atoms with van der Waals surface area (Å²) in [6.07, 6.45) is 7.35. The quantitative estimate of drug-likeness (QED) is 0.182. The lowest BCUT2D eigenvalue weighted by atomic mass is 9.91. The molecule has 5 heterocycles. The summed E-state index contributed by atoms with van der Waals surface area (Å²) in [4.78, 5) is 39.8. The average molecular weight is 721 g/mol. The summed E-state index contributed by atoms with van der Waals surface area (Å²) in [6.45, 7) is 7.99. The molecule has 1 aliphatic rings. The van der Waals surface area contributed by atoms with Crippen LogP contribution in [0.2, 0.25) is 0 Å². The maximum atomic E-state index is 13.5. The predicted octanol–water partition coefficient (Wildman–Crippen LogP) is 11.2. The summed E-state index contributed by atoms with van der Waals surface area (Å²) < 4.78 is 2.41. The van der Waals surface area contributed by atoms with E-state index in [4.69, 9.17) is 15.0 Å². The largest absolute Gasteiger partial charge is 0.478 e. The lowest BCUT2D eigenvalue weighted by Crippen LogP contribution is -2.14. The first-order chi connectivity index (χ1) is 25.2. The number of hydrogen-bond donors (Lipinski definition) is 1. The number of nitrogens with zero attached hydrogens (tertiary/aromatic N) is 6. The highest BCUT2D eigenvalue weighted by atomic mass is 32.1. The Balaban J connectivity index is 1.34. The fourth-order valence-electron chi connectivity index (χ4n) is 8.00. The van der Waals surface area contributed by atoms with Crippen LogP contribution in [-0.4, -0.2) is 40.6 Å². The Kier molecular flexibility index (Phi) is 7.97. The zero-order valence-electron chi connectivity index (χ0n) is 29.4. The van der Waals surface area contributed by atoms with Crippen LogP contribution < -0.4 is 0 Å². The Morgan fingerprint density at radius 1 is 0.750 bits per heavy atom. The number of fused-ring (bicyclic) bond motifs is 3. The highest BCUT2D eigenvalue weighted by Crippen LogP contribution is 2.46. The molecule has 0 unspecified atom stereocenters. The number of carbonyl (C=O) groups is 1. The number of aromatic carboxylic acids is 1. The van der Waals surface area contributed by atoms with E-state index in [1.54, 1.807) is 17.5 Å². The topological polar surface area (TPSA) is 107 Å². The number of rotatable bonds is 6. The first-order valence-corrected chi connectivity index (χ1v) is 19.3. The van der Waals surface area contributed by atoms with E-state index in [1.807, 2.05) is 58.0 Å². The van der Waals surface area contributed by atoms with Gasteiger partial charge in [-0.25, -0.2) is 24.7 Å². The highest BCUT2D eigenvalue weighted by Gasteiger charge is 2.30. The van der Waals surface area contributed by atoms with Crippen molar-refractivity contribution in [1.29, 1.82) is 0 Å². The Morgan fingerprint density at radius 3 is 2.17 bits per heavy atom. The molecular formula is C42H36N6O2S2. The van der Waals surface area contributed by atoms with Crippen LogP contribution in [0.25, 0.3) is 76.4 Å². The molecule has 0 amide bonds. The molecule has 0 aliphatic heterocycles. The van der Waals surface area contributed by atoms with Gasteiger partial charge in [0.25, 0.3) is 0 Å². The smallest absolute Gasteiger partial charge is 0.337 e. The Bertz CT molecular complexity index is 2720. The molecule has 0 bridgehead atoms. The van der Waals surface area contributed by atoms with Crippen LogP contribution in [-0.2, 0) is 0 Å². The zero-order valence-corrected chi connectivity index (χ0v) is 31.0. The molecule has 1 fully saturated rings. The van der Waals surface area contributed by atoms with Crippen molar-refractivity contribution in [3.05, 3.63) is 99.9 Å². The predicted molar refractivity (Wildman–Crippen MR) is 211 cm³/mol. The van der Waals surface area contributed by atoms with E-state index in [9.17, 15) is 9.90 Å². The van der Waals surface area contributed by atoms with Gasteiger partial charge < -0.3 is 9.67 Å². The normalized spacial score (nSPS) is 13.8. The van der Waals surface area contributed by atoms with E-state index in [1.165, 1.54) is 17.8 Å². The molecule has 1 saturated carbocycles. The van der Waals surface area contributed by atoms with E-state index in [-0.39, 0.29) is 11.6 Å². The molecule has 0 saturated heterocycles. The van der Waals surface area contributed by atoms with Gasteiger partial charge in [0.1, 0.15) is 5.82 Å². The van der Waals surface area contributed by atoms with Gasteiger partial charge in [-0.3, -0.25) is 4.98 Å². The Labute approximate surface area is 308 Å². The van der Waals surface area contributed by atoms with Crippen molar-refractivity contribution in [2.75, 3.05) is 0 Å². The van der Waals surface area contributed by atoms with E-state index in [2.05, 4.69) is 50.9 Å². The van der Waals surface area contributed by atoms with Gasteiger partial charge in [0.2, 0.25) is 0 Å². The minimum absolute atomic E-state index is 0.226. The van der Waals surface area contributed by atoms with E-state index in [0.29, 0.717) is 16.6 Å². The minimum Gasteiger partial charge on any atom is -0.478 e. The van der Waals surface area contributed by atoms with Crippen molar-refractivity contribution in [1.82, 2.24) is 29.5 Å². The van der Waals surface area contributed by atoms with E-state index >= 15 is 0 Å². The average Bonchev–Trinajstić information content (AvgIpc) is 3.82. The summed E-state index contributed by atoms with van der Waals surface area (Å²) in [7, 11) is 0. The van der Waals surface area contributed by atoms with Gasteiger partial charge in [0, 0.05) is 39.7 Å². The first-order valence-electron chi connectivity index (χ1n) is 17.7. The molecule has 10 heteroatoms. The molecule has 1 N–H and O–H groups in total. The molecule has 258 valence electrons. The second kappa shape index (κ2) is 12.7. The van der Waals surface area contributed by atoms with Crippen LogP contribution >= 0.6 is 22.7 Å². The van der Waals surface area contributed by atoms with Crippen LogP contribution in [0.1, 0.15) is 69.9 Å². The fourth-order valence-corrected chi connectivity index (χ4v) is 9.83. The second-order valence-corrected chi connectivity index (χ2v) is 16.2. The van der Waals surface area contributed by atoms with Gasteiger partial charge in [0.15, 0.2) is 0 Å². The van der Waals surface area contributed by atoms with Gasteiger partial charge in [0.05, 0.1) is 64.5 Å². The van der Waals surface area contributed by atoms with Crippen molar-refractivity contribution < 1.29 is 9.90 Å². The number of pyridine rings is 2. The maximum absolute atomic E-state index is 13.5. The lowest BCUT2D eigenvalue weighted by molar-refractivity contribution is 0.0698. The maximum Gasteiger partial charge on any atom is 0.337 e. The van der Waals surface area contributed by atoms with Crippen molar-refractivity contribution in [2.45, 2.75) is 65.8 Å². The molecule has 8 nitrogen and oxygen atoms in total. The van der Waals surface area contributed by atoms with Crippen LogP contribution in [0.15, 0.2) is 72.9 Å². The zero-order chi connectivity index (χ0) is 35.7. The van der Waals surface area contributed by atoms with Crippen LogP contribution in [0.3, 0.4) is 0 Å². The van der Waals surface area contributed by atoms with Gasteiger partial charge in [-0.2, -0.15) is 0 Å². The van der Waals surface area contributed by atoms with Gasteiger partial charge in [-0.15, -0.1) is 22.7 Å². The van der Waals surface area contributed by atoms with Crippen molar-refractivity contribution in [3.63, 3.8) is 0 Å². The number of thiazole rings is 2. The van der Waals surface area contributed by atoms with Crippen LogP contribution in [0.4, 0.5) is 0 Å². The third-order valence-electron chi connectivity index (χ3n) is 10.3. The van der Waals surface area contributed by atoms with E-state index < -0.39 is 5.97 Å².